The summed E-state index contributed by atoms with van der Waals surface area (Å²) in [6.07, 6.45) is 0. The number of fused-ring (bicyclic) bond motifs is 2. The Bertz CT molecular complexity index is 1310. The topological polar surface area (TPSA) is 111 Å². The van der Waals surface area contributed by atoms with Gasteiger partial charge in [0.2, 0.25) is 5.75 Å². The van der Waals surface area contributed by atoms with Crippen LogP contribution in [-0.2, 0) is 25.4 Å². The van der Waals surface area contributed by atoms with Gasteiger partial charge in [0, 0.05) is 19.7 Å². The highest BCUT2D eigenvalue weighted by atomic mass is 16.5. The third-order valence-electron chi connectivity index (χ3n) is 5.16. The molecule has 10 nitrogen and oxygen atoms in total. The van der Waals surface area contributed by atoms with E-state index in [1.54, 1.807) is 12.1 Å². The highest BCUT2D eigenvalue weighted by Gasteiger charge is 2.32. The van der Waals surface area contributed by atoms with Crippen LogP contribution in [0, 0.1) is 0 Å². The Morgan fingerprint density at radius 2 is 1.57 bits per heavy atom. The fourth-order valence-electron chi connectivity index (χ4n) is 3.68. The summed E-state index contributed by atoms with van der Waals surface area (Å²) in [4.78, 5) is 42.5. The van der Waals surface area contributed by atoms with Crippen LogP contribution in [0.4, 0.5) is 0 Å². The maximum absolute atomic E-state index is 13.1. The number of hydrogen-bond donors (Lipinski definition) is 0. The lowest BCUT2D eigenvalue weighted by molar-refractivity contribution is 0.0534. The first-order valence-corrected chi connectivity index (χ1v) is 8.94. The molecule has 1 aromatic carbocycles. The van der Waals surface area contributed by atoms with Crippen molar-refractivity contribution >= 4 is 17.0 Å². The van der Waals surface area contributed by atoms with E-state index in [1.165, 1.54) is 40.0 Å². The SMILES string of the molecule is COc1cc(-c2c3c(nc4c2c(=O)n(C)c(=O)n4C)COC3=O)cc(OC)c1OC. The van der Waals surface area contributed by atoms with E-state index in [1.807, 2.05) is 0 Å². The molecule has 1 aliphatic rings. The van der Waals surface area contributed by atoms with Crippen molar-refractivity contribution in [1.29, 1.82) is 0 Å². The number of hydrogen-bond acceptors (Lipinski definition) is 8. The molecule has 4 rings (SSSR count). The van der Waals surface area contributed by atoms with Crippen LogP contribution in [0.2, 0.25) is 0 Å². The average Bonchev–Trinajstić information content (AvgIpc) is 3.14. The number of ether oxygens (including phenoxy) is 4. The zero-order valence-corrected chi connectivity index (χ0v) is 17.1. The fraction of sp³-hybridized carbons (Fsp3) is 0.300. The molecule has 3 heterocycles. The summed E-state index contributed by atoms with van der Waals surface area (Å²) in [5, 5.41) is 0.117. The molecule has 0 bridgehead atoms. The molecule has 0 amide bonds. The maximum Gasteiger partial charge on any atom is 0.341 e. The number of methoxy groups -OCH3 is 3. The van der Waals surface area contributed by atoms with Crippen molar-refractivity contribution in [3.05, 3.63) is 44.2 Å². The van der Waals surface area contributed by atoms with E-state index in [0.717, 1.165) is 4.57 Å². The van der Waals surface area contributed by atoms with Crippen molar-refractivity contribution < 1.29 is 23.7 Å². The van der Waals surface area contributed by atoms with Gasteiger partial charge in [0.05, 0.1) is 38.0 Å². The Hall–Kier alpha value is -3.82. The molecule has 30 heavy (non-hydrogen) atoms. The zero-order valence-electron chi connectivity index (χ0n) is 17.1. The molecule has 0 saturated heterocycles. The number of aryl methyl sites for hydroxylation is 1. The summed E-state index contributed by atoms with van der Waals surface area (Å²) in [6, 6.07) is 3.26. The molecular weight excluding hydrogens is 394 g/mol. The molecule has 0 spiro atoms. The van der Waals surface area contributed by atoms with E-state index < -0.39 is 17.2 Å². The molecule has 0 radical (unpaired) electrons. The first-order valence-electron chi connectivity index (χ1n) is 8.94. The molecule has 10 heteroatoms. The normalized spacial score (nSPS) is 12.6. The van der Waals surface area contributed by atoms with Gasteiger partial charge in [0.1, 0.15) is 12.3 Å². The van der Waals surface area contributed by atoms with E-state index in [-0.39, 0.29) is 23.2 Å². The largest absolute Gasteiger partial charge is 0.493 e. The van der Waals surface area contributed by atoms with E-state index in [2.05, 4.69) is 4.98 Å². The van der Waals surface area contributed by atoms with Crippen LogP contribution < -0.4 is 25.5 Å². The van der Waals surface area contributed by atoms with Crippen LogP contribution in [-0.4, -0.2) is 41.4 Å². The van der Waals surface area contributed by atoms with Crippen molar-refractivity contribution in [3.8, 4) is 28.4 Å². The van der Waals surface area contributed by atoms with Gasteiger partial charge in [-0.25, -0.2) is 14.6 Å². The Kier molecular flexibility index (Phi) is 4.49. The molecule has 156 valence electrons. The predicted octanol–water partition coefficient (Wildman–Crippen LogP) is 0.995. The number of benzene rings is 1. The highest BCUT2D eigenvalue weighted by Crippen LogP contribution is 2.44. The smallest absolute Gasteiger partial charge is 0.341 e. The monoisotopic (exact) mass is 413 g/mol. The number of aromatic nitrogens is 3. The minimum absolute atomic E-state index is 0.0507. The molecule has 0 fully saturated rings. The Morgan fingerprint density at radius 1 is 0.933 bits per heavy atom. The van der Waals surface area contributed by atoms with Crippen LogP contribution in [0.1, 0.15) is 16.1 Å². The molecule has 2 aromatic heterocycles. The van der Waals surface area contributed by atoms with Gasteiger partial charge in [-0.3, -0.25) is 13.9 Å². The van der Waals surface area contributed by atoms with Gasteiger partial charge in [-0.1, -0.05) is 0 Å². The van der Waals surface area contributed by atoms with Gasteiger partial charge < -0.3 is 18.9 Å². The van der Waals surface area contributed by atoms with Crippen molar-refractivity contribution in [3.63, 3.8) is 0 Å². The van der Waals surface area contributed by atoms with Crippen molar-refractivity contribution in [2.24, 2.45) is 14.1 Å². The quantitative estimate of drug-likeness (QED) is 0.583. The lowest BCUT2D eigenvalue weighted by atomic mass is 9.95. The van der Waals surface area contributed by atoms with Crippen molar-refractivity contribution in [1.82, 2.24) is 14.1 Å². The molecule has 1 aliphatic heterocycles. The highest BCUT2D eigenvalue weighted by molar-refractivity contribution is 6.08. The minimum Gasteiger partial charge on any atom is -0.493 e. The number of pyridine rings is 1. The van der Waals surface area contributed by atoms with E-state index in [4.69, 9.17) is 18.9 Å². The minimum atomic E-state index is -0.598. The molecule has 0 atom stereocenters. The standard InChI is InChI=1S/C20H19N3O7/c1-22-17-15(18(24)23(2)20(22)26)13(14-10(21-17)8-30-19(14)25)9-6-11(27-3)16(29-5)12(7-9)28-4/h6-7H,8H2,1-5H3. The second-order valence-electron chi connectivity index (χ2n) is 6.70. The fourth-order valence-corrected chi connectivity index (χ4v) is 3.68. The van der Waals surface area contributed by atoms with Gasteiger partial charge in [-0.2, -0.15) is 0 Å². The lowest BCUT2D eigenvalue weighted by Gasteiger charge is -2.17. The molecule has 0 N–H and O–H groups in total. The summed E-state index contributed by atoms with van der Waals surface area (Å²) in [7, 11) is 7.29. The first-order chi connectivity index (χ1) is 14.3. The molecule has 3 aromatic rings. The second kappa shape index (κ2) is 6.90. The molecule has 0 aliphatic carbocycles. The van der Waals surface area contributed by atoms with Gasteiger partial charge in [0.25, 0.3) is 5.56 Å². The van der Waals surface area contributed by atoms with Crippen LogP contribution in [0.25, 0.3) is 22.2 Å². The van der Waals surface area contributed by atoms with Crippen LogP contribution in [0.5, 0.6) is 17.2 Å². The number of rotatable bonds is 4. The molecule has 0 unspecified atom stereocenters. The van der Waals surface area contributed by atoms with Gasteiger partial charge in [0.15, 0.2) is 11.5 Å². The number of carbonyl (C=O) groups is 1. The van der Waals surface area contributed by atoms with E-state index >= 15 is 0 Å². The number of esters is 1. The van der Waals surface area contributed by atoms with Crippen molar-refractivity contribution in [2.45, 2.75) is 6.61 Å². The summed E-state index contributed by atoms with van der Waals surface area (Å²) in [5.74, 6) is 0.456. The maximum atomic E-state index is 13.1. The average molecular weight is 413 g/mol. The van der Waals surface area contributed by atoms with Crippen molar-refractivity contribution in [2.75, 3.05) is 21.3 Å². The van der Waals surface area contributed by atoms with E-state index in [0.29, 0.717) is 34.1 Å². The van der Waals surface area contributed by atoms with Crippen LogP contribution in [0.15, 0.2) is 21.7 Å². The summed E-state index contributed by atoms with van der Waals surface area (Å²) < 4.78 is 23.6. The summed E-state index contributed by atoms with van der Waals surface area (Å²) >= 11 is 0. The van der Waals surface area contributed by atoms with Crippen LogP contribution in [0.3, 0.4) is 0 Å². The van der Waals surface area contributed by atoms with Gasteiger partial charge >= 0.3 is 11.7 Å². The van der Waals surface area contributed by atoms with E-state index in [9.17, 15) is 14.4 Å². The third kappa shape index (κ3) is 2.56. The number of nitrogens with zero attached hydrogens (tertiary/aromatic N) is 3. The van der Waals surface area contributed by atoms with Gasteiger partial charge in [-0.05, 0) is 17.7 Å². The third-order valence-corrected chi connectivity index (χ3v) is 5.16. The second-order valence-corrected chi connectivity index (χ2v) is 6.70. The number of cyclic esters (lactones) is 1. The zero-order chi connectivity index (χ0) is 21.7. The summed E-state index contributed by atoms with van der Waals surface area (Å²) in [6.45, 7) is -0.0507. The Morgan fingerprint density at radius 3 is 2.13 bits per heavy atom. The van der Waals surface area contributed by atoms with Gasteiger partial charge in [-0.15, -0.1) is 0 Å². The predicted molar refractivity (Wildman–Crippen MR) is 106 cm³/mol. The van der Waals surface area contributed by atoms with Crippen LogP contribution >= 0.6 is 0 Å². The Balaban J connectivity index is 2.25. The lowest BCUT2D eigenvalue weighted by Crippen LogP contribution is -2.37. The molecule has 0 saturated carbocycles. The first kappa shape index (κ1) is 19.5. The Labute approximate surface area is 170 Å². The number of carbonyl (C=O) groups excluding carboxylic acids is 1. The summed E-state index contributed by atoms with van der Waals surface area (Å²) in [5.41, 5.74) is 0.333. The molecular formula is C20H19N3O7.